The summed E-state index contributed by atoms with van der Waals surface area (Å²) in [5.74, 6) is -0.841. The van der Waals surface area contributed by atoms with Crippen LogP contribution in [0, 0.1) is 0 Å². The van der Waals surface area contributed by atoms with Crippen molar-refractivity contribution in [3.63, 3.8) is 0 Å². The van der Waals surface area contributed by atoms with Gasteiger partial charge < -0.3 is 5.32 Å². The molecule has 1 aliphatic heterocycles. The van der Waals surface area contributed by atoms with E-state index in [0.29, 0.717) is 32.9 Å². The number of imidazole rings is 1. The number of imide groups is 1. The van der Waals surface area contributed by atoms with E-state index in [-0.39, 0.29) is 18.4 Å². The Balaban J connectivity index is 1.34. The van der Waals surface area contributed by atoms with Crippen LogP contribution in [-0.2, 0) is 11.0 Å². The van der Waals surface area contributed by atoms with E-state index in [1.807, 2.05) is 12.1 Å². The molecular formula is C21H15F3N6O2S. The zero-order chi connectivity index (χ0) is 22.9. The van der Waals surface area contributed by atoms with Gasteiger partial charge in [-0.1, -0.05) is 6.07 Å². The van der Waals surface area contributed by atoms with Gasteiger partial charge in [0.1, 0.15) is 0 Å². The third kappa shape index (κ3) is 3.41. The van der Waals surface area contributed by atoms with Gasteiger partial charge in [-0.3, -0.25) is 10.1 Å². The van der Waals surface area contributed by atoms with Crippen molar-refractivity contribution in [1.82, 2.24) is 30.2 Å². The molecule has 1 aliphatic carbocycles. The highest BCUT2D eigenvalue weighted by Gasteiger charge is 2.42. The Morgan fingerprint density at radius 1 is 1.15 bits per heavy atom. The highest BCUT2D eigenvalue weighted by molar-refractivity contribution is 7.18. The molecule has 168 valence electrons. The molecule has 0 bridgehead atoms. The first-order valence-electron chi connectivity index (χ1n) is 10.2. The first-order chi connectivity index (χ1) is 15.8. The second-order valence-corrected chi connectivity index (χ2v) is 9.20. The Morgan fingerprint density at radius 3 is 2.79 bits per heavy atom. The maximum atomic E-state index is 13.0. The van der Waals surface area contributed by atoms with Crippen LogP contribution in [0.4, 0.5) is 18.0 Å². The van der Waals surface area contributed by atoms with E-state index in [1.165, 1.54) is 0 Å². The van der Waals surface area contributed by atoms with Crippen molar-refractivity contribution in [2.75, 3.05) is 6.54 Å². The first-order valence-corrected chi connectivity index (χ1v) is 11.0. The summed E-state index contributed by atoms with van der Waals surface area (Å²) in [4.78, 5) is 31.8. The Labute approximate surface area is 187 Å². The molecule has 4 aromatic rings. The minimum absolute atomic E-state index is 0.0883. The van der Waals surface area contributed by atoms with Crippen molar-refractivity contribution < 1.29 is 22.8 Å². The fourth-order valence-electron chi connectivity index (χ4n) is 4.37. The standard InChI is InChI=1S/C21H15F3N6O2S/c22-21(23,24)19-27-14-2-1-9(5-16(14)33-19)10-6-11(10)12-7-15(29-30-4-3-25-17(12)30)13-8-26-20(32)28-18(13)31/h1-5,7,10-11,13H,6,8H2,(H2,26,28,31,32)/t10-,11+,13?/m1/s1. The molecule has 1 saturated carbocycles. The highest BCUT2D eigenvalue weighted by Crippen LogP contribution is 2.56. The number of carbonyl (C=O) groups excluding carboxylic acids is 2. The average molecular weight is 472 g/mol. The summed E-state index contributed by atoms with van der Waals surface area (Å²) in [6.07, 6.45) is -0.342. The Morgan fingerprint density at radius 2 is 2.00 bits per heavy atom. The van der Waals surface area contributed by atoms with E-state index >= 15 is 0 Å². The summed E-state index contributed by atoms with van der Waals surface area (Å²) in [5.41, 5.74) is 3.38. The fourth-order valence-corrected chi connectivity index (χ4v) is 5.26. The van der Waals surface area contributed by atoms with Gasteiger partial charge in [-0.25, -0.2) is 19.3 Å². The van der Waals surface area contributed by atoms with Gasteiger partial charge in [0.05, 0.1) is 21.8 Å². The van der Waals surface area contributed by atoms with Gasteiger partial charge in [0.2, 0.25) is 5.91 Å². The smallest absolute Gasteiger partial charge is 0.337 e. The van der Waals surface area contributed by atoms with Crippen molar-refractivity contribution in [2.45, 2.75) is 30.4 Å². The summed E-state index contributed by atoms with van der Waals surface area (Å²) < 4.78 is 41.2. The maximum absolute atomic E-state index is 13.0. The Kier molecular flexibility index (Phi) is 4.25. The monoisotopic (exact) mass is 472 g/mol. The fraction of sp³-hybridized carbons (Fsp3) is 0.286. The number of nitrogens with zero attached hydrogens (tertiary/aromatic N) is 4. The molecule has 12 heteroatoms. The van der Waals surface area contributed by atoms with Gasteiger partial charge in [0.25, 0.3) is 0 Å². The molecule has 1 saturated heterocycles. The zero-order valence-corrected chi connectivity index (χ0v) is 17.6. The molecule has 4 heterocycles. The number of halogens is 3. The van der Waals surface area contributed by atoms with Crippen LogP contribution in [0.5, 0.6) is 0 Å². The van der Waals surface area contributed by atoms with E-state index in [1.54, 1.807) is 29.0 Å². The average Bonchev–Trinajstić information content (AvgIpc) is 3.19. The molecule has 0 radical (unpaired) electrons. The lowest BCUT2D eigenvalue weighted by atomic mass is 9.99. The lowest BCUT2D eigenvalue weighted by Gasteiger charge is -2.22. The second kappa shape index (κ2) is 6.98. The molecule has 1 aromatic carbocycles. The van der Waals surface area contributed by atoms with Crippen molar-refractivity contribution >= 4 is 39.1 Å². The number of carbonyl (C=O) groups is 2. The normalized spacial score (nSPS) is 23.1. The van der Waals surface area contributed by atoms with E-state index in [0.717, 1.165) is 17.5 Å². The summed E-state index contributed by atoms with van der Waals surface area (Å²) in [7, 11) is 0. The number of rotatable bonds is 3. The van der Waals surface area contributed by atoms with Gasteiger partial charge in [0, 0.05) is 24.5 Å². The minimum atomic E-state index is -4.46. The largest absolute Gasteiger partial charge is 0.443 e. The SMILES string of the molecule is O=C1NCC(c2cc([C@H]3C[C@@H]3c3ccc4nc(C(F)(F)F)sc4c3)c3nccn3n2)C(=O)N1. The van der Waals surface area contributed by atoms with Gasteiger partial charge in [-0.2, -0.15) is 18.3 Å². The summed E-state index contributed by atoms with van der Waals surface area (Å²) in [6.45, 7) is 0.148. The maximum Gasteiger partial charge on any atom is 0.443 e. The van der Waals surface area contributed by atoms with Crippen LogP contribution in [0.3, 0.4) is 0 Å². The minimum Gasteiger partial charge on any atom is -0.337 e. The lowest BCUT2D eigenvalue weighted by Crippen LogP contribution is -2.51. The van der Waals surface area contributed by atoms with Crippen LogP contribution in [0.2, 0.25) is 0 Å². The Hall–Kier alpha value is -3.54. The predicted molar refractivity (Wildman–Crippen MR) is 112 cm³/mol. The molecule has 6 rings (SSSR count). The number of benzene rings is 1. The van der Waals surface area contributed by atoms with Crippen molar-refractivity contribution in [3.8, 4) is 0 Å². The molecule has 33 heavy (non-hydrogen) atoms. The number of alkyl halides is 3. The quantitative estimate of drug-likeness (QED) is 0.475. The molecule has 3 aromatic heterocycles. The topological polar surface area (TPSA) is 101 Å². The van der Waals surface area contributed by atoms with Crippen molar-refractivity contribution in [1.29, 1.82) is 0 Å². The molecule has 8 nitrogen and oxygen atoms in total. The second-order valence-electron chi connectivity index (χ2n) is 8.16. The molecule has 2 aliphatic rings. The van der Waals surface area contributed by atoms with Gasteiger partial charge in [0.15, 0.2) is 10.7 Å². The number of urea groups is 1. The summed E-state index contributed by atoms with van der Waals surface area (Å²) in [6, 6.07) is 6.55. The van der Waals surface area contributed by atoms with Crippen molar-refractivity contribution in [3.05, 3.63) is 58.5 Å². The van der Waals surface area contributed by atoms with E-state index in [9.17, 15) is 22.8 Å². The van der Waals surface area contributed by atoms with E-state index in [2.05, 4.69) is 25.7 Å². The van der Waals surface area contributed by atoms with Gasteiger partial charge >= 0.3 is 12.2 Å². The lowest BCUT2D eigenvalue weighted by molar-refractivity contribution is -0.137. The summed E-state index contributed by atoms with van der Waals surface area (Å²) >= 11 is 0.645. The molecule has 0 spiro atoms. The number of aromatic nitrogens is 4. The van der Waals surface area contributed by atoms with Crippen LogP contribution in [0.1, 0.15) is 46.0 Å². The number of fused-ring (bicyclic) bond motifs is 2. The van der Waals surface area contributed by atoms with E-state index < -0.39 is 29.0 Å². The molecule has 1 unspecified atom stereocenters. The molecule has 3 amide bonds. The highest BCUT2D eigenvalue weighted by atomic mass is 32.1. The molecule has 2 fully saturated rings. The zero-order valence-electron chi connectivity index (χ0n) is 16.8. The van der Waals surface area contributed by atoms with Crippen LogP contribution in [-0.4, -0.2) is 38.1 Å². The third-order valence-corrected chi connectivity index (χ3v) is 7.12. The van der Waals surface area contributed by atoms with Gasteiger partial charge in [-0.15, -0.1) is 11.3 Å². The third-order valence-electron chi connectivity index (χ3n) is 6.06. The number of hydrogen-bond donors (Lipinski definition) is 2. The number of thiazole rings is 1. The van der Waals surface area contributed by atoms with Crippen LogP contribution < -0.4 is 10.6 Å². The van der Waals surface area contributed by atoms with E-state index in [4.69, 9.17) is 0 Å². The van der Waals surface area contributed by atoms with Gasteiger partial charge in [-0.05, 0) is 42.0 Å². The first kappa shape index (κ1) is 20.1. The van der Waals surface area contributed by atoms with Crippen molar-refractivity contribution in [2.24, 2.45) is 0 Å². The summed E-state index contributed by atoms with van der Waals surface area (Å²) in [5, 5.41) is 8.52. The Bertz CT molecular complexity index is 1450. The predicted octanol–water partition coefficient (Wildman–Crippen LogP) is 3.55. The van der Waals surface area contributed by atoms with Crippen LogP contribution in [0.25, 0.3) is 15.9 Å². The number of amides is 3. The molecule has 2 N–H and O–H groups in total. The number of nitrogens with one attached hydrogen (secondary N) is 2. The molecule has 3 atom stereocenters. The van der Waals surface area contributed by atoms with Crippen LogP contribution >= 0.6 is 11.3 Å². The number of hydrogen-bond acceptors (Lipinski definition) is 6. The molecular weight excluding hydrogens is 457 g/mol. The van der Waals surface area contributed by atoms with Crippen LogP contribution in [0.15, 0.2) is 36.7 Å².